The van der Waals surface area contributed by atoms with Crippen LogP contribution in [0.2, 0.25) is 0 Å². The molecule has 0 aliphatic carbocycles. The highest BCUT2D eigenvalue weighted by Crippen LogP contribution is 2.23. The first-order chi connectivity index (χ1) is 13.1. The van der Waals surface area contributed by atoms with E-state index in [1.165, 1.54) is 0 Å². The summed E-state index contributed by atoms with van der Waals surface area (Å²) in [5.74, 6) is -0.551. The topological polar surface area (TPSA) is 87.0 Å². The maximum absolute atomic E-state index is 12.7. The summed E-state index contributed by atoms with van der Waals surface area (Å²) < 4.78 is 6.36. The summed E-state index contributed by atoms with van der Waals surface area (Å²) in [6, 6.07) is 14.5. The van der Waals surface area contributed by atoms with E-state index >= 15 is 0 Å². The molecule has 0 atom stereocenters. The quantitative estimate of drug-likeness (QED) is 0.522. The van der Waals surface area contributed by atoms with Gasteiger partial charge in [0.1, 0.15) is 5.52 Å². The van der Waals surface area contributed by atoms with Crippen molar-refractivity contribution in [3.05, 3.63) is 75.7 Å². The molecule has 2 aromatic heterocycles. The van der Waals surface area contributed by atoms with Crippen LogP contribution in [0, 0.1) is 13.8 Å². The zero-order valence-electron chi connectivity index (χ0n) is 14.8. The van der Waals surface area contributed by atoms with Crippen LogP contribution in [-0.4, -0.2) is 25.9 Å². The molecular formula is C20H16N4O3. The third kappa shape index (κ3) is 2.93. The number of fused-ring (bicyclic) bond motifs is 2. The second-order valence-electron chi connectivity index (χ2n) is 6.19. The maximum atomic E-state index is 12.7. The smallest absolute Gasteiger partial charge is 0.342 e. The molecule has 0 aliphatic heterocycles. The number of rotatable bonds is 3. The average molecular weight is 360 g/mol. The average Bonchev–Trinajstić information content (AvgIpc) is 2.68. The lowest BCUT2D eigenvalue weighted by atomic mass is 10.0. The lowest BCUT2D eigenvalue weighted by Gasteiger charge is -2.12. The highest BCUT2D eigenvalue weighted by Gasteiger charge is 2.18. The Labute approximate surface area is 154 Å². The molecule has 0 spiro atoms. The molecule has 0 radical (unpaired) electrons. The summed E-state index contributed by atoms with van der Waals surface area (Å²) >= 11 is 0. The van der Waals surface area contributed by atoms with Crippen LogP contribution in [0.15, 0.2) is 53.3 Å². The van der Waals surface area contributed by atoms with E-state index in [1.54, 1.807) is 31.2 Å². The first-order valence-corrected chi connectivity index (χ1v) is 8.42. The van der Waals surface area contributed by atoms with Crippen LogP contribution < -0.4 is 5.56 Å². The van der Waals surface area contributed by atoms with Crippen molar-refractivity contribution in [3.8, 4) is 0 Å². The number of benzene rings is 2. The number of carbonyl (C=O) groups is 1. The van der Waals surface area contributed by atoms with Gasteiger partial charge in [-0.1, -0.05) is 35.5 Å². The van der Waals surface area contributed by atoms with Crippen LogP contribution in [0.3, 0.4) is 0 Å². The molecule has 4 rings (SSSR count). The maximum Gasteiger partial charge on any atom is 0.342 e. The Bertz CT molecular complexity index is 1250. The number of nitrogens with zero attached hydrogens (tertiary/aromatic N) is 4. The van der Waals surface area contributed by atoms with Gasteiger partial charge in [-0.15, -0.1) is 5.10 Å². The predicted molar refractivity (Wildman–Crippen MR) is 100 cm³/mol. The Kier molecular flexibility index (Phi) is 4.12. The fraction of sp³-hybridized carbons (Fsp3) is 0.150. The third-order valence-electron chi connectivity index (χ3n) is 4.48. The van der Waals surface area contributed by atoms with E-state index in [2.05, 4.69) is 15.3 Å². The minimum Gasteiger partial charge on any atom is -0.438 e. The molecule has 0 fully saturated rings. The number of ether oxygens (including phenoxy) is 1. The van der Waals surface area contributed by atoms with Crippen molar-refractivity contribution in [3.63, 3.8) is 0 Å². The van der Waals surface area contributed by atoms with Gasteiger partial charge in [0, 0.05) is 5.39 Å². The molecule has 0 saturated carbocycles. The number of aromatic nitrogens is 4. The SMILES string of the molecule is Cc1nc2ccccc2c(C)c1C(=O)OCn1nnc2ccccc2c1=O. The van der Waals surface area contributed by atoms with E-state index in [1.807, 2.05) is 31.2 Å². The van der Waals surface area contributed by atoms with Crippen LogP contribution in [0.5, 0.6) is 0 Å². The molecule has 2 aromatic carbocycles. The highest BCUT2D eigenvalue weighted by molar-refractivity contribution is 5.98. The normalized spacial score (nSPS) is 11.0. The molecule has 27 heavy (non-hydrogen) atoms. The molecule has 7 nitrogen and oxygen atoms in total. The Morgan fingerprint density at radius 1 is 1.00 bits per heavy atom. The van der Waals surface area contributed by atoms with Crippen LogP contribution in [0.1, 0.15) is 21.6 Å². The summed E-state index contributed by atoms with van der Waals surface area (Å²) in [7, 11) is 0. The zero-order chi connectivity index (χ0) is 19.0. The van der Waals surface area contributed by atoms with Gasteiger partial charge in [0.15, 0.2) is 6.73 Å². The van der Waals surface area contributed by atoms with Gasteiger partial charge in [-0.05, 0) is 37.6 Å². The summed E-state index contributed by atoms with van der Waals surface area (Å²) in [5.41, 5.74) is 2.72. The molecule has 0 saturated heterocycles. The summed E-state index contributed by atoms with van der Waals surface area (Å²) in [6.45, 7) is 3.30. The zero-order valence-corrected chi connectivity index (χ0v) is 14.8. The largest absolute Gasteiger partial charge is 0.438 e. The number of esters is 1. The number of carbonyl (C=O) groups excluding carboxylic acids is 1. The number of para-hydroxylation sites is 1. The van der Waals surface area contributed by atoms with Crippen molar-refractivity contribution in [2.24, 2.45) is 0 Å². The predicted octanol–water partition coefficient (Wildman–Crippen LogP) is 2.77. The third-order valence-corrected chi connectivity index (χ3v) is 4.48. The molecule has 0 unspecified atom stereocenters. The highest BCUT2D eigenvalue weighted by atomic mass is 16.5. The lowest BCUT2D eigenvalue weighted by Crippen LogP contribution is -2.27. The van der Waals surface area contributed by atoms with E-state index in [0.29, 0.717) is 22.2 Å². The van der Waals surface area contributed by atoms with Crippen molar-refractivity contribution in [2.45, 2.75) is 20.6 Å². The van der Waals surface area contributed by atoms with Crippen molar-refractivity contribution in [1.82, 2.24) is 20.0 Å². The monoisotopic (exact) mass is 360 g/mol. The Balaban J connectivity index is 1.65. The fourth-order valence-electron chi connectivity index (χ4n) is 3.13. The minimum absolute atomic E-state index is 0.318. The van der Waals surface area contributed by atoms with E-state index < -0.39 is 5.97 Å². The minimum atomic E-state index is -0.551. The molecule has 0 bridgehead atoms. The Morgan fingerprint density at radius 2 is 1.67 bits per heavy atom. The van der Waals surface area contributed by atoms with E-state index in [0.717, 1.165) is 21.1 Å². The second kappa shape index (κ2) is 6.60. The van der Waals surface area contributed by atoms with Gasteiger partial charge in [0.2, 0.25) is 0 Å². The molecule has 4 aromatic rings. The molecule has 7 heteroatoms. The van der Waals surface area contributed by atoms with Crippen molar-refractivity contribution < 1.29 is 9.53 Å². The van der Waals surface area contributed by atoms with Crippen molar-refractivity contribution in [2.75, 3.05) is 0 Å². The number of aryl methyl sites for hydroxylation is 2. The van der Waals surface area contributed by atoms with Gasteiger partial charge in [0.05, 0.1) is 22.2 Å². The summed E-state index contributed by atoms with van der Waals surface area (Å²) in [5, 5.41) is 9.11. The van der Waals surface area contributed by atoms with Gasteiger partial charge in [-0.2, -0.15) is 4.68 Å². The van der Waals surface area contributed by atoms with E-state index in [9.17, 15) is 9.59 Å². The lowest BCUT2D eigenvalue weighted by molar-refractivity contribution is 0.0334. The van der Waals surface area contributed by atoms with Gasteiger partial charge in [-0.25, -0.2) is 4.79 Å². The van der Waals surface area contributed by atoms with Crippen LogP contribution >= 0.6 is 0 Å². The van der Waals surface area contributed by atoms with E-state index in [4.69, 9.17) is 4.74 Å². The fourth-order valence-corrected chi connectivity index (χ4v) is 3.13. The molecular weight excluding hydrogens is 344 g/mol. The standard InChI is InChI=1S/C20H16N4O3/c1-12-14-7-3-5-9-16(14)21-13(2)18(12)20(26)27-11-24-19(25)15-8-4-6-10-17(15)22-23-24/h3-10H,11H2,1-2H3. The molecule has 2 heterocycles. The van der Waals surface area contributed by atoms with Gasteiger partial charge < -0.3 is 4.74 Å². The Morgan fingerprint density at radius 3 is 2.44 bits per heavy atom. The number of hydrogen-bond donors (Lipinski definition) is 0. The number of hydrogen-bond acceptors (Lipinski definition) is 6. The van der Waals surface area contributed by atoms with Crippen LogP contribution in [-0.2, 0) is 11.5 Å². The van der Waals surface area contributed by atoms with Gasteiger partial charge in [-0.3, -0.25) is 9.78 Å². The molecule has 0 aliphatic rings. The molecule has 134 valence electrons. The van der Waals surface area contributed by atoms with Crippen LogP contribution in [0.25, 0.3) is 21.8 Å². The number of pyridine rings is 1. The Hall–Kier alpha value is -3.61. The van der Waals surface area contributed by atoms with Crippen molar-refractivity contribution >= 4 is 27.8 Å². The first kappa shape index (κ1) is 16.8. The van der Waals surface area contributed by atoms with Gasteiger partial charge in [0.25, 0.3) is 5.56 Å². The molecule has 0 N–H and O–H groups in total. The summed E-state index contributed by atoms with van der Waals surface area (Å²) in [6.07, 6.45) is 0. The van der Waals surface area contributed by atoms with Crippen molar-refractivity contribution in [1.29, 1.82) is 0 Å². The van der Waals surface area contributed by atoms with E-state index in [-0.39, 0.29) is 12.3 Å². The van der Waals surface area contributed by atoms with Crippen LogP contribution in [0.4, 0.5) is 0 Å². The first-order valence-electron chi connectivity index (χ1n) is 8.42. The second-order valence-corrected chi connectivity index (χ2v) is 6.19. The van der Waals surface area contributed by atoms with Gasteiger partial charge >= 0.3 is 5.97 Å². The summed E-state index contributed by atoms with van der Waals surface area (Å²) in [4.78, 5) is 29.6. The molecule has 0 amide bonds.